The van der Waals surface area contributed by atoms with Gasteiger partial charge in [0.15, 0.2) is 5.82 Å². The minimum Gasteiger partial charge on any atom is -0.351 e. The van der Waals surface area contributed by atoms with Crippen LogP contribution in [0.15, 0.2) is 66.6 Å². The van der Waals surface area contributed by atoms with Gasteiger partial charge in [-0.1, -0.05) is 49.1 Å². The Morgan fingerprint density at radius 2 is 1.75 bits per heavy atom. The topological polar surface area (TPSA) is 53.3 Å². The molecule has 1 aliphatic carbocycles. The second-order valence-corrected chi connectivity index (χ2v) is 8.60. The highest BCUT2D eigenvalue weighted by Gasteiger charge is 2.22. The standard InChI is InChI=1S/C25H33N7/c1-20-10-9-11-21(2)25(20)32-24(26-27-28-32)19-31-16-14-30(15-17-31)18-22(3)29(4)23-12-7-5-6-8-13-23/h5-12H,3,13-19H2,1-2,4H3. The average Bonchev–Trinajstić information content (AvgIpc) is 3.05. The van der Waals surface area contributed by atoms with Gasteiger partial charge in [0, 0.05) is 57.6 Å². The summed E-state index contributed by atoms with van der Waals surface area (Å²) in [5, 5.41) is 12.6. The predicted molar refractivity (Wildman–Crippen MR) is 128 cm³/mol. The van der Waals surface area contributed by atoms with Crippen LogP contribution in [0.2, 0.25) is 0 Å². The molecular weight excluding hydrogens is 398 g/mol. The smallest absolute Gasteiger partial charge is 0.170 e. The van der Waals surface area contributed by atoms with Gasteiger partial charge in [-0.25, -0.2) is 0 Å². The maximum absolute atomic E-state index is 4.35. The maximum atomic E-state index is 4.35. The minimum atomic E-state index is 0.751. The zero-order chi connectivity index (χ0) is 22.5. The van der Waals surface area contributed by atoms with E-state index in [0.717, 1.165) is 62.9 Å². The van der Waals surface area contributed by atoms with Crippen LogP contribution in [0.4, 0.5) is 0 Å². The average molecular weight is 432 g/mol. The van der Waals surface area contributed by atoms with E-state index in [1.165, 1.54) is 16.8 Å². The summed E-state index contributed by atoms with van der Waals surface area (Å²) < 4.78 is 1.90. The predicted octanol–water partition coefficient (Wildman–Crippen LogP) is 3.24. The Labute approximate surface area is 191 Å². The number of hydrogen-bond acceptors (Lipinski definition) is 6. The third-order valence-corrected chi connectivity index (χ3v) is 6.30. The number of para-hydroxylation sites is 1. The van der Waals surface area contributed by atoms with Crippen LogP contribution in [0.3, 0.4) is 0 Å². The molecule has 4 rings (SSSR count). The van der Waals surface area contributed by atoms with Gasteiger partial charge in [-0.15, -0.1) is 5.10 Å². The van der Waals surface area contributed by atoms with Crippen molar-refractivity contribution in [3.05, 3.63) is 83.5 Å². The highest BCUT2D eigenvalue weighted by Crippen LogP contribution is 2.20. The molecule has 1 aromatic carbocycles. The zero-order valence-corrected chi connectivity index (χ0v) is 19.4. The first-order valence-electron chi connectivity index (χ1n) is 11.3. The quantitative estimate of drug-likeness (QED) is 0.671. The number of hydrogen-bond donors (Lipinski definition) is 0. The van der Waals surface area contributed by atoms with Crippen molar-refractivity contribution in [1.82, 2.24) is 34.9 Å². The molecule has 0 saturated carbocycles. The van der Waals surface area contributed by atoms with E-state index in [1.807, 2.05) is 4.68 Å². The van der Waals surface area contributed by atoms with Gasteiger partial charge in [-0.2, -0.15) is 4.68 Å². The van der Waals surface area contributed by atoms with Crippen molar-refractivity contribution in [2.75, 3.05) is 39.8 Å². The van der Waals surface area contributed by atoms with E-state index in [4.69, 9.17) is 0 Å². The van der Waals surface area contributed by atoms with Gasteiger partial charge in [0.05, 0.1) is 12.2 Å². The summed E-state index contributed by atoms with van der Waals surface area (Å²) in [6.07, 6.45) is 11.5. The summed E-state index contributed by atoms with van der Waals surface area (Å²) in [5.41, 5.74) is 5.86. The molecule has 2 heterocycles. The molecule has 7 nitrogen and oxygen atoms in total. The first kappa shape index (κ1) is 22.2. The monoisotopic (exact) mass is 431 g/mol. The van der Waals surface area contributed by atoms with Crippen molar-refractivity contribution in [3.8, 4) is 5.69 Å². The lowest BCUT2D eigenvalue weighted by Crippen LogP contribution is -2.47. The van der Waals surface area contributed by atoms with Crippen LogP contribution in [0.1, 0.15) is 23.4 Å². The second-order valence-electron chi connectivity index (χ2n) is 8.60. The summed E-state index contributed by atoms with van der Waals surface area (Å²) in [6, 6.07) is 6.28. The molecule has 0 amide bonds. The summed E-state index contributed by atoms with van der Waals surface area (Å²) in [5.74, 6) is 0.890. The molecule has 32 heavy (non-hydrogen) atoms. The van der Waals surface area contributed by atoms with Crippen molar-refractivity contribution in [1.29, 1.82) is 0 Å². The van der Waals surface area contributed by atoms with Gasteiger partial charge in [0.25, 0.3) is 0 Å². The van der Waals surface area contributed by atoms with Crippen LogP contribution in [-0.4, -0.2) is 74.7 Å². The minimum absolute atomic E-state index is 0.751. The zero-order valence-electron chi connectivity index (χ0n) is 19.4. The van der Waals surface area contributed by atoms with E-state index < -0.39 is 0 Å². The van der Waals surface area contributed by atoms with Crippen molar-refractivity contribution >= 4 is 0 Å². The first-order valence-corrected chi connectivity index (χ1v) is 11.3. The molecule has 0 spiro atoms. The fourth-order valence-corrected chi connectivity index (χ4v) is 4.31. The van der Waals surface area contributed by atoms with E-state index in [9.17, 15) is 0 Å². The number of aromatic nitrogens is 4. The molecule has 1 aromatic heterocycles. The van der Waals surface area contributed by atoms with Gasteiger partial charge in [0.1, 0.15) is 0 Å². The normalized spacial score (nSPS) is 17.3. The number of likely N-dealkylation sites (N-methyl/N-ethyl adjacent to an activating group) is 1. The van der Waals surface area contributed by atoms with Crippen molar-refractivity contribution in [3.63, 3.8) is 0 Å². The molecular formula is C25H33N7. The largest absolute Gasteiger partial charge is 0.351 e. The van der Waals surface area contributed by atoms with Crippen molar-refractivity contribution < 1.29 is 0 Å². The molecule has 7 heteroatoms. The SMILES string of the molecule is C=C(CN1CCN(Cc2nnnn2-c2c(C)cccc2C)CC1)N(C)C1=CC=CC=CC1. The molecule has 0 unspecified atom stereocenters. The van der Waals surface area contributed by atoms with Crippen molar-refractivity contribution in [2.24, 2.45) is 0 Å². The highest BCUT2D eigenvalue weighted by molar-refractivity contribution is 5.46. The second kappa shape index (κ2) is 10.1. The van der Waals surface area contributed by atoms with Gasteiger partial charge >= 0.3 is 0 Å². The van der Waals surface area contributed by atoms with Crippen LogP contribution in [0.25, 0.3) is 5.69 Å². The van der Waals surface area contributed by atoms with Gasteiger partial charge < -0.3 is 4.90 Å². The number of rotatable bonds is 7. The lowest BCUT2D eigenvalue weighted by molar-refractivity contribution is 0.127. The molecule has 1 aliphatic heterocycles. The van der Waals surface area contributed by atoms with E-state index in [-0.39, 0.29) is 0 Å². The first-order chi connectivity index (χ1) is 15.5. The third-order valence-electron chi connectivity index (χ3n) is 6.30. The lowest BCUT2D eigenvalue weighted by Gasteiger charge is -2.36. The van der Waals surface area contributed by atoms with E-state index in [1.54, 1.807) is 0 Å². The Bertz CT molecular complexity index is 1020. The summed E-state index contributed by atoms with van der Waals surface area (Å²) in [6.45, 7) is 14.2. The fraction of sp³-hybridized carbons (Fsp3) is 0.400. The van der Waals surface area contributed by atoms with Crippen LogP contribution < -0.4 is 0 Å². The van der Waals surface area contributed by atoms with Crippen LogP contribution in [0, 0.1) is 13.8 Å². The molecule has 0 atom stereocenters. The molecule has 0 bridgehead atoms. The summed E-state index contributed by atoms with van der Waals surface area (Å²) >= 11 is 0. The van der Waals surface area contributed by atoms with Crippen LogP contribution >= 0.6 is 0 Å². The maximum Gasteiger partial charge on any atom is 0.170 e. The fourth-order valence-electron chi connectivity index (χ4n) is 4.31. The Hall–Kier alpha value is -3.03. The highest BCUT2D eigenvalue weighted by atomic mass is 15.5. The molecule has 2 aromatic rings. The third kappa shape index (κ3) is 5.06. The van der Waals surface area contributed by atoms with E-state index >= 15 is 0 Å². The molecule has 0 N–H and O–H groups in total. The van der Waals surface area contributed by atoms with Crippen LogP contribution in [0.5, 0.6) is 0 Å². The number of benzene rings is 1. The summed E-state index contributed by atoms with van der Waals surface area (Å²) in [4.78, 5) is 7.14. The number of aryl methyl sites for hydroxylation is 2. The Morgan fingerprint density at radius 1 is 1.03 bits per heavy atom. The number of piperazine rings is 1. The molecule has 0 radical (unpaired) electrons. The molecule has 1 fully saturated rings. The Kier molecular flexibility index (Phi) is 6.97. The number of allylic oxidation sites excluding steroid dienone is 5. The molecule has 168 valence electrons. The Morgan fingerprint density at radius 3 is 2.50 bits per heavy atom. The molecule has 1 saturated heterocycles. The molecule has 2 aliphatic rings. The van der Waals surface area contributed by atoms with Gasteiger partial charge in [-0.05, 0) is 41.5 Å². The van der Waals surface area contributed by atoms with Crippen LogP contribution in [-0.2, 0) is 6.54 Å². The van der Waals surface area contributed by atoms with Crippen molar-refractivity contribution in [2.45, 2.75) is 26.8 Å². The number of nitrogens with zero attached hydrogens (tertiary/aromatic N) is 7. The summed E-state index contributed by atoms with van der Waals surface area (Å²) in [7, 11) is 2.12. The Balaban J connectivity index is 1.32. The van der Waals surface area contributed by atoms with E-state index in [2.05, 4.69) is 106 Å². The van der Waals surface area contributed by atoms with Gasteiger partial charge in [-0.3, -0.25) is 9.80 Å². The van der Waals surface area contributed by atoms with E-state index in [0.29, 0.717) is 0 Å². The number of tetrazole rings is 1. The van der Waals surface area contributed by atoms with Gasteiger partial charge in [0.2, 0.25) is 0 Å². The lowest BCUT2D eigenvalue weighted by atomic mass is 10.1.